The van der Waals surface area contributed by atoms with Gasteiger partial charge in [0.2, 0.25) is 5.82 Å². The fourth-order valence-corrected chi connectivity index (χ4v) is 22.6. The second kappa shape index (κ2) is 7.29. The van der Waals surface area contributed by atoms with Gasteiger partial charge in [0.05, 0.1) is 4.90 Å². The number of rotatable bonds is 3. The van der Waals surface area contributed by atoms with Crippen molar-refractivity contribution in [2.24, 2.45) is 5.92 Å². The van der Waals surface area contributed by atoms with Gasteiger partial charge in [0.15, 0.2) is 23.3 Å². The molecular weight excluding hydrogens is 446 g/mol. The average molecular weight is 463 g/mol. The predicted molar refractivity (Wildman–Crippen MR) is 106 cm³/mol. The Labute approximate surface area is 166 Å². The smallest absolute Gasteiger partial charge is 0.200 e. The van der Waals surface area contributed by atoms with Crippen LogP contribution in [0.3, 0.4) is 0 Å². The standard InChI is InChI=1S/C16H16F5PS4/c1-7(2)8-4-5-16(3)9(6-8)24-22(23,26-16)25-15-13(20)11(18)10(17)12(19)14(15)21/h8-9H,1,4-6H2,2-3H3/t8-,9-,16+,22+/m0/s1. The van der Waals surface area contributed by atoms with Gasteiger partial charge >= 0.3 is 0 Å². The van der Waals surface area contributed by atoms with E-state index in [1.165, 1.54) is 22.8 Å². The zero-order chi connectivity index (χ0) is 19.4. The number of benzene rings is 1. The topological polar surface area (TPSA) is 0 Å². The molecule has 0 radical (unpaired) electrons. The molecule has 144 valence electrons. The molecule has 0 aromatic heterocycles. The summed E-state index contributed by atoms with van der Waals surface area (Å²) in [5, 5.41) is 0.183. The van der Waals surface area contributed by atoms with E-state index >= 15 is 0 Å². The summed E-state index contributed by atoms with van der Waals surface area (Å²) in [6.45, 7) is 8.08. The molecule has 0 bridgehead atoms. The third kappa shape index (κ3) is 3.63. The van der Waals surface area contributed by atoms with E-state index in [1.54, 1.807) is 0 Å². The van der Waals surface area contributed by atoms with Gasteiger partial charge in [-0.1, -0.05) is 58.1 Å². The van der Waals surface area contributed by atoms with Crippen molar-refractivity contribution in [1.29, 1.82) is 0 Å². The molecule has 1 aliphatic carbocycles. The van der Waals surface area contributed by atoms with Crippen LogP contribution in [0.4, 0.5) is 22.0 Å². The minimum absolute atomic E-state index is 0.150. The molecular formula is C16H16F5PS4. The van der Waals surface area contributed by atoms with Crippen LogP contribution < -0.4 is 0 Å². The summed E-state index contributed by atoms with van der Waals surface area (Å²) in [6.07, 6.45) is 2.74. The second-order valence-electron chi connectivity index (χ2n) is 6.75. The number of hydrogen-bond donors (Lipinski definition) is 0. The Bertz CT molecular complexity index is 800. The van der Waals surface area contributed by atoms with Gasteiger partial charge < -0.3 is 0 Å². The van der Waals surface area contributed by atoms with Crippen molar-refractivity contribution in [3.63, 3.8) is 0 Å². The SMILES string of the molecule is C=C(C)[C@H]1CC[C@@]2(C)S[P@@](=S)(Sc3c(F)c(F)c(F)c(F)c3F)S[C@H]2C1. The van der Waals surface area contributed by atoms with E-state index in [0.717, 1.165) is 24.8 Å². The molecule has 0 spiro atoms. The molecule has 2 aliphatic rings. The van der Waals surface area contributed by atoms with Crippen molar-refractivity contribution in [2.45, 2.75) is 48.0 Å². The van der Waals surface area contributed by atoms with Gasteiger partial charge in [-0.25, -0.2) is 22.0 Å². The normalized spacial score (nSPS) is 34.0. The molecule has 1 aromatic rings. The highest BCUT2D eigenvalue weighted by Crippen LogP contribution is 2.90. The van der Waals surface area contributed by atoms with Crippen molar-refractivity contribution < 1.29 is 22.0 Å². The summed E-state index contributed by atoms with van der Waals surface area (Å²) in [6, 6.07) is 0. The molecule has 0 nitrogen and oxygen atoms in total. The Morgan fingerprint density at radius 1 is 1.15 bits per heavy atom. The van der Waals surface area contributed by atoms with Gasteiger partial charge in [0, 0.05) is 10.00 Å². The van der Waals surface area contributed by atoms with E-state index in [4.69, 9.17) is 11.8 Å². The molecule has 0 N–H and O–H groups in total. The van der Waals surface area contributed by atoms with Crippen LogP contribution >= 0.6 is 37.8 Å². The molecule has 2 fully saturated rings. The fraction of sp³-hybridized carbons (Fsp3) is 0.500. The van der Waals surface area contributed by atoms with Crippen molar-refractivity contribution in [3.8, 4) is 0 Å². The first-order chi connectivity index (χ1) is 12.0. The third-order valence-corrected chi connectivity index (χ3v) is 19.1. The number of halogens is 5. The highest BCUT2D eigenvalue weighted by molar-refractivity contribution is 9.24. The Morgan fingerprint density at radius 2 is 1.69 bits per heavy atom. The zero-order valence-electron chi connectivity index (χ0n) is 14.0. The Balaban J connectivity index is 1.91. The van der Waals surface area contributed by atoms with Crippen LogP contribution in [-0.4, -0.2) is 10.00 Å². The first kappa shape index (κ1) is 21.0. The van der Waals surface area contributed by atoms with Crippen LogP contribution in [-0.2, 0) is 11.8 Å². The van der Waals surface area contributed by atoms with Crippen molar-refractivity contribution in [2.75, 3.05) is 0 Å². The van der Waals surface area contributed by atoms with Crippen LogP contribution in [0.2, 0.25) is 0 Å². The van der Waals surface area contributed by atoms with E-state index in [1.807, 2.05) is 6.92 Å². The first-order valence-electron chi connectivity index (χ1n) is 7.83. The molecule has 1 aromatic carbocycles. The van der Waals surface area contributed by atoms with Crippen LogP contribution in [0, 0.1) is 35.0 Å². The maximum Gasteiger partial charge on any atom is 0.200 e. The van der Waals surface area contributed by atoms with Crippen molar-refractivity contribution in [1.82, 2.24) is 0 Å². The lowest BCUT2D eigenvalue weighted by atomic mass is 9.79. The first-order valence-corrected chi connectivity index (χ1v) is 15.0. The average Bonchev–Trinajstić information content (AvgIpc) is 2.84. The van der Waals surface area contributed by atoms with E-state index < -0.39 is 37.6 Å². The molecule has 1 saturated heterocycles. The van der Waals surface area contributed by atoms with Crippen LogP contribution in [0.1, 0.15) is 33.1 Å². The maximum absolute atomic E-state index is 14.1. The largest absolute Gasteiger partial charge is 0.202 e. The lowest BCUT2D eigenvalue weighted by Crippen LogP contribution is -2.36. The lowest BCUT2D eigenvalue weighted by molar-refractivity contribution is 0.361. The molecule has 4 atom stereocenters. The summed E-state index contributed by atoms with van der Waals surface area (Å²) >= 11 is 9.31. The lowest BCUT2D eigenvalue weighted by Gasteiger charge is -2.38. The van der Waals surface area contributed by atoms with Crippen molar-refractivity contribution in [3.05, 3.63) is 41.2 Å². The quantitative estimate of drug-likeness (QED) is 0.148. The molecule has 1 heterocycles. The monoisotopic (exact) mass is 462 g/mol. The second-order valence-corrected chi connectivity index (χ2v) is 22.6. The fourth-order valence-electron chi connectivity index (χ4n) is 3.20. The van der Waals surface area contributed by atoms with Gasteiger partial charge in [-0.15, -0.1) is 0 Å². The molecule has 0 unspecified atom stereocenters. The third-order valence-electron chi connectivity index (χ3n) is 4.82. The summed E-state index contributed by atoms with van der Waals surface area (Å²) < 4.78 is 65.7. The number of fused-ring (bicyclic) bond motifs is 1. The maximum atomic E-state index is 14.1. The summed E-state index contributed by atoms with van der Waals surface area (Å²) in [5.74, 6) is -9.20. The van der Waals surface area contributed by atoms with Gasteiger partial charge in [0.1, 0.15) is 3.64 Å². The Morgan fingerprint density at radius 3 is 2.23 bits per heavy atom. The zero-order valence-corrected chi connectivity index (χ0v) is 18.1. The highest BCUT2D eigenvalue weighted by Gasteiger charge is 2.52. The number of hydrogen-bond acceptors (Lipinski definition) is 4. The van der Waals surface area contributed by atoms with Gasteiger partial charge in [-0.3, -0.25) is 0 Å². The van der Waals surface area contributed by atoms with Gasteiger partial charge in [-0.05, 0) is 39.0 Å². The van der Waals surface area contributed by atoms with Crippen LogP contribution in [0.15, 0.2) is 17.0 Å². The molecule has 10 heteroatoms. The summed E-state index contributed by atoms with van der Waals surface area (Å²) in [5.41, 5.74) is 1.10. The van der Waals surface area contributed by atoms with E-state index in [2.05, 4.69) is 13.5 Å². The van der Waals surface area contributed by atoms with Crippen LogP contribution in [0.5, 0.6) is 0 Å². The predicted octanol–water partition coefficient (Wildman–Crippen LogP) is 7.68. The van der Waals surface area contributed by atoms with Gasteiger partial charge in [0.25, 0.3) is 0 Å². The van der Waals surface area contributed by atoms with E-state index in [9.17, 15) is 22.0 Å². The summed E-state index contributed by atoms with van der Waals surface area (Å²) in [4.78, 5) is -0.858. The Kier molecular flexibility index (Phi) is 5.89. The number of allylic oxidation sites excluding steroid dienone is 1. The Hall–Kier alpha value is 0.310. The molecule has 1 saturated carbocycles. The van der Waals surface area contributed by atoms with Gasteiger partial charge in [-0.2, -0.15) is 0 Å². The van der Waals surface area contributed by atoms with Crippen molar-refractivity contribution >= 4 is 49.6 Å². The highest BCUT2D eigenvalue weighted by atomic mass is 33.5. The van der Waals surface area contributed by atoms with E-state index in [0.29, 0.717) is 17.3 Å². The molecule has 3 rings (SSSR count). The molecule has 26 heavy (non-hydrogen) atoms. The van der Waals surface area contributed by atoms with Crippen LogP contribution in [0.25, 0.3) is 0 Å². The minimum atomic E-state index is -2.51. The summed E-state index contributed by atoms with van der Waals surface area (Å²) in [7, 11) is 0. The molecule has 1 aliphatic heterocycles. The molecule has 0 amide bonds. The minimum Gasteiger partial charge on any atom is -0.202 e. The van der Waals surface area contributed by atoms with E-state index in [-0.39, 0.29) is 10.00 Å².